The number of nitrogens with zero attached hydrogens (tertiary/aromatic N) is 3. The highest BCUT2D eigenvalue weighted by Crippen LogP contribution is 2.39. The summed E-state index contributed by atoms with van der Waals surface area (Å²) in [6, 6.07) is 7.21. The lowest BCUT2D eigenvalue weighted by Crippen LogP contribution is -2.21. The number of ether oxygens (including phenoxy) is 1. The van der Waals surface area contributed by atoms with Crippen LogP contribution in [0.5, 0.6) is 5.75 Å². The van der Waals surface area contributed by atoms with Crippen molar-refractivity contribution >= 4 is 27.3 Å². The number of amides is 1. The highest BCUT2D eigenvalue weighted by molar-refractivity contribution is 7.89. The summed E-state index contributed by atoms with van der Waals surface area (Å²) in [7, 11) is -4.14. The zero-order valence-electron chi connectivity index (χ0n) is 20.0. The van der Waals surface area contributed by atoms with Crippen LogP contribution < -0.4 is 15.2 Å². The fourth-order valence-electron chi connectivity index (χ4n) is 3.59. The molecule has 3 N–H and O–H groups in total. The van der Waals surface area contributed by atoms with E-state index in [-0.39, 0.29) is 16.1 Å². The van der Waals surface area contributed by atoms with Crippen LogP contribution in [0.1, 0.15) is 28.0 Å². The molecule has 2 heterocycles. The van der Waals surface area contributed by atoms with Crippen molar-refractivity contribution in [3.05, 3.63) is 71.5 Å². The summed E-state index contributed by atoms with van der Waals surface area (Å²) in [5.41, 5.74) is -4.13. The van der Waals surface area contributed by atoms with Gasteiger partial charge in [-0.1, -0.05) is 12.1 Å². The van der Waals surface area contributed by atoms with Gasteiger partial charge in [-0.15, -0.1) is 0 Å². The fourth-order valence-corrected chi connectivity index (χ4v) is 4.15. The Morgan fingerprint density at radius 2 is 1.76 bits per heavy atom. The average Bonchev–Trinajstić information content (AvgIpc) is 3.29. The molecular formula is C23H15F8N5O4S. The maximum atomic E-state index is 13.9. The number of carbonyl (C=O) groups excluding carboxylic acids is 1. The first-order valence-corrected chi connectivity index (χ1v) is 12.5. The smallest absolute Gasteiger partial charge is 0.422 e. The van der Waals surface area contributed by atoms with Crippen molar-refractivity contribution < 1.29 is 53.1 Å². The number of hydrogen-bond acceptors (Lipinski definition) is 6. The average molecular weight is 609 g/mol. The van der Waals surface area contributed by atoms with Crippen LogP contribution >= 0.6 is 0 Å². The number of nitrogens with one attached hydrogen (secondary N) is 1. The van der Waals surface area contributed by atoms with E-state index in [2.05, 4.69) is 20.1 Å². The van der Waals surface area contributed by atoms with Crippen LogP contribution in [0.2, 0.25) is 0 Å². The Kier molecular flexibility index (Phi) is 7.65. The van der Waals surface area contributed by atoms with Gasteiger partial charge in [0.15, 0.2) is 12.3 Å². The molecule has 0 atom stereocenters. The molecule has 4 rings (SSSR count). The number of carbonyl (C=O) groups is 1. The predicted molar refractivity (Wildman–Crippen MR) is 126 cm³/mol. The van der Waals surface area contributed by atoms with Gasteiger partial charge in [-0.2, -0.15) is 31.4 Å². The fraction of sp³-hybridized carbons (Fsp3) is 0.174. The second-order valence-electron chi connectivity index (χ2n) is 8.30. The van der Waals surface area contributed by atoms with Crippen molar-refractivity contribution in [2.24, 2.45) is 5.14 Å². The first-order valence-electron chi connectivity index (χ1n) is 11.0. The third-order valence-electron chi connectivity index (χ3n) is 5.36. The van der Waals surface area contributed by atoms with E-state index in [9.17, 15) is 48.3 Å². The molecule has 0 aliphatic rings. The van der Waals surface area contributed by atoms with E-state index in [0.717, 1.165) is 30.5 Å². The highest BCUT2D eigenvalue weighted by atomic mass is 32.2. The van der Waals surface area contributed by atoms with Crippen LogP contribution in [0.15, 0.2) is 59.6 Å². The molecule has 0 bridgehead atoms. The van der Waals surface area contributed by atoms with E-state index < -0.39 is 75.2 Å². The van der Waals surface area contributed by atoms with Crippen LogP contribution in [0.4, 0.5) is 40.8 Å². The molecule has 0 saturated heterocycles. The van der Waals surface area contributed by atoms with E-state index >= 15 is 0 Å². The van der Waals surface area contributed by atoms with E-state index in [4.69, 9.17) is 5.14 Å². The van der Waals surface area contributed by atoms with Crippen molar-refractivity contribution in [3.63, 3.8) is 0 Å². The van der Waals surface area contributed by atoms with Gasteiger partial charge in [-0.3, -0.25) is 4.79 Å². The molecule has 0 fully saturated rings. The summed E-state index contributed by atoms with van der Waals surface area (Å²) in [5.74, 6) is -2.22. The van der Waals surface area contributed by atoms with Gasteiger partial charge in [0, 0.05) is 11.3 Å². The number of halogens is 8. The number of rotatable bonds is 7. The molecule has 18 heteroatoms. The lowest BCUT2D eigenvalue weighted by molar-refractivity contribution is -0.158. The maximum absolute atomic E-state index is 13.9. The minimum absolute atomic E-state index is 0.0553. The third-order valence-corrected chi connectivity index (χ3v) is 6.27. The normalized spacial score (nSPS) is 12.6. The molecule has 2 aromatic carbocycles. The number of aromatic nitrogens is 3. The number of alkyl halides is 8. The molecule has 1 amide bonds. The second kappa shape index (κ2) is 10.6. The molecule has 4 aromatic rings. The number of benzene rings is 2. The van der Waals surface area contributed by atoms with Gasteiger partial charge in [0.05, 0.1) is 22.3 Å². The van der Waals surface area contributed by atoms with E-state index in [1.54, 1.807) is 0 Å². The summed E-state index contributed by atoms with van der Waals surface area (Å²) >= 11 is 0. The lowest BCUT2D eigenvalue weighted by atomic mass is 10.1. The summed E-state index contributed by atoms with van der Waals surface area (Å²) in [6.07, 6.45) is -12.5. The van der Waals surface area contributed by atoms with Gasteiger partial charge in [0.1, 0.15) is 17.0 Å². The number of nitrogens with two attached hydrogens (primary N) is 1. The minimum atomic E-state index is -5.11. The van der Waals surface area contributed by atoms with Gasteiger partial charge in [0.2, 0.25) is 10.0 Å². The Morgan fingerprint density at radius 3 is 2.37 bits per heavy atom. The maximum Gasteiger partial charge on any atom is 0.422 e. The van der Waals surface area contributed by atoms with E-state index in [0.29, 0.717) is 16.6 Å². The van der Waals surface area contributed by atoms with Crippen LogP contribution in [-0.4, -0.2) is 41.7 Å². The Labute approximate surface area is 224 Å². The Balaban J connectivity index is 1.80. The molecular weight excluding hydrogens is 594 g/mol. The molecule has 0 aliphatic heterocycles. The first kappa shape index (κ1) is 29.7. The van der Waals surface area contributed by atoms with Crippen LogP contribution in [0.3, 0.4) is 0 Å². The van der Waals surface area contributed by atoms with Gasteiger partial charge in [0.25, 0.3) is 12.3 Å². The number of anilines is 1. The van der Waals surface area contributed by atoms with E-state index in [1.165, 1.54) is 12.1 Å². The van der Waals surface area contributed by atoms with Gasteiger partial charge >= 0.3 is 12.4 Å². The van der Waals surface area contributed by atoms with Gasteiger partial charge in [-0.05, 0) is 36.4 Å². The van der Waals surface area contributed by atoms with Crippen molar-refractivity contribution in [3.8, 4) is 17.0 Å². The summed E-state index contributed by atoms with van der Waals surface area (Å²) < 4.78 is 134. The molecule has 0 unspecified atom stereocenters. The Bertz CT molecular complexity index is 1740. The molecule has 218 valence electrons. The molecule has 9 nitrogen and oxygen atoms in total. The predicted octanol–water partition coefficient (Wildman–Crippen LogP) is 5.19. The zero-order chi connectivity index (χ0) is 30.3. The molecule has 0 spiro atoms. The molecule has 2 aromatic heterocycles. The van der Waals surface area contributed by atoms with Crippen molar-refractivity contribution in [2.75, 3.05) is 11.9 Å². The molecule has 0 aliphatic carbocycles. The summed E-state index contributed by atoms with van der Waals surface area (Å²) in [6.45, 7) is -2.06. The largest absolute Gasteiger partial charge is 0.483 e. The number of sulfonamides is 1. The minimum Gasteiger partial charge on any atom is -0.483 e. The monoisotopic (exact) mass is 609 g/mol. The SMILES string of the molecule is NS(=O)(=O)c1cccc(NC(=O)c2cnn3c(C(F)F)cc(-c4ccc(C(F)(F)F)c(OCC(F)(F)F)c4)nc23)c1. The number of hydrogen-bond donors (Lipinski definition) is 2. The van der Waals surface area contributed by atoms with E-state index in [1.807, 2.05) is 0 Å². The van der Waals surface area contributed by atoms with Crippen molar-refractivity contribution in [1.29, 1.82) is 0 Å². The quantitative estimate of drug-likeness (QED) is 0.278. The summed E-state index contributed by atoms with van der Waals surface area (Å²) in [4.78, 5) is 16.6. The molecule has 0 saturated carbocycles. The standard InChI is InChI=1S/C23H15F8N5O4S/c24-19(25)17-8-16(11-4-5-15(23(29,30)31)18(6-11)40-10-22(26,27)28)35-20-14(9-33-36(17)20)21(37)34-12-2-1-3-13(7-12)41(32,38)39/h1-9,19H,10H2,(H,34,37)(H2,32,38,39). The molecule has 0 radical (unpaired) electrons. The Morgan fingerprint density at radius 1 is 1.05 bits per heavy atom. The van der Waals surface area contributed by atoms with Gasteiger partial charge < -0.3 is 10.1 Å². The number of fused-ring (bicyclic) bond motifs is 1. The van der Waals surface area contributed by atoms with Crippen LogP contribution in [0, 0.1) is 0 Å². The topological polar surface area (TPSA) is 129 Å². The number of primary sulfonamides is 1. The van der Waals surface area contributed by atoms with Crippen molar-refractivity contribution in [1.82, 2.24) is 14.6 Å². The lowest BCUT2D eigenvalue weighted by Gasteiger charge is -2.16. The second-order valence-corrected chi connectivity index (χ2v) is 9.86. The Hall–Kier alpha value is -4.32. The van der Waals surface area contributed by atoms with Crippen LogP contribution in [0.25, 0.3) is 16.9 Å². The highest BCUT2D eigenvalue weighted by Gasteiger charge is 2.36. The van der Waals surface area contributed by atoms with Crippen LogP contribution in [-0.2, 0) is 16.2 Å². The zero-order valence-corrected chi connectivity index (χ0v) is 20.8. The van der Waals surface area contributed by atoms with Crippen molar-refractivity contribution in [2.45, 2.75) is 23.7 Å². The third kappa shape index (κ3) is 6.71. The summed E-state index contributed by atoms with van der Waals surface area (Å²) in [5, 5.41) is 11.1. The first-order chi connectivity index (χ1) is 18.9. The molecule has 41 heavy (non-hydrogen) atoms. The van der Waals surface area contributed by atoms with Gasteiger partial charge in [-0.25, -0.2) is 31.8 Å².